The summed E-state index contributed by atoms with van der Waals surface area (Å²) in [6, 6.07) is 10.1. The first-order chi connectivity index (χ1) is 7.09. The first-order valence-corrected chi connectivity index (χ1v) is 7.19. The molecule has 0 aliphatic carbocycles. The summed E-state index contributed by atoms with van der Waals surface area (Å²) in [5.41, 5.74) is 1.15. The molecule has 4 heteroatoms. The Balaban J connectivity index is 0.00000225. The average molecular weight is 304 g/mol. The molecule has 1 amide bonds. The quantitative estimate of drug-likeness (QED) is 0.692. The minimum Gasteiger partial charge on any atom is -1.00 e. The first-order valence-electron chi connectivity index (χ1n) is 4.98. The van der Waals surface area contributed by atoms with Crippen LogP contribution in [-0.2, 0) is 15.7 Å². The van der Waals surface area contributed by atoms with Crippen LogP contribution in [0.4, 0.5) is 0 Å². The summed E-state index contributed by atoms with van der Waals surface area (Å²) >= 11 is 0. The number of halogens is 1. The summed E-state index contributed by atoms with van der Waals surface area (Å²) in [6.45, 7) is 2.01. The molecule has 1 aromatic carbocycles. The van der Waals surface area contributed by atoms with Gasteiger partial charge in [-0.05, 0) is 23.4 Å². The summed E-state index contributed by atoms with van der Waals surface area (Å²) < 4.78 is 0. The Morgan fingerprint density at radius 3 is 2.38 bits per heavy atom. The molecule has 1 rings (SSSR count). The largest absolute Gasteiger partial charge is 1.00 e. The van der Waals surface area contributed by atoms with Gasteiger partial charge in [-0.1, -0.05) is 30.3 Å². The van der Waals surface area contributed by atoms with Crippen molar-refractivity contribution in [2.45, 2.75) is 13.0 Å². The predicted octanol–water partition coefficient (Wildman–Crippen LogP) is -1.25. The molecular formula is C12H18BrNOS. The van der Waals surface area contributed by atoms with E-state index in [0.29, 0.717) is 5.75 Å². The van der Waals surface area contributed by atoms with Crippen molar-refractivity contribution in [2.24, 2.45) is 0 Å². The van der Waals surface area contributed by atoms with Crippen LogP contribution in [0.2, 0.25) is 0 Å². The molecule has 0 aromatic heterocycles. The molecule has 0 aliphatic heterocycles. The Morgan fingerprint density at radius 1 is 1.31 bits per heavy atom. The van der Waals surface area contributed by atoms with Crippen LogP contribution in [0.5, 0.6) is 0 Å². The smallest absolute Gasteiger partial charge is 0.270 e. The monoisotopic (exact) mass is 303 g/mol. The van der Waals surface area contributed by atoms with Crippen molar-refractivity contribution in [1.82, 2.24) is 5.32 Å². The van der Waals surface area contributed by atoms with Gasteiger partial charge in [0.1, 0.15) is 0 Å². The maximum absolute atomic E-state index is 11.5. The number of hydrogen-bond acceptors (Lipinski definition) is 1. The molecule has 1 atom stereocenters. The highest BCUT2D eigenvalue weighted by Crippen LogP contribution is 2.10. The van der Waals surface area contributed by atoms with E-state index in [-0.39, 0.29) is 39.8 Å². The molecule has 0 spiro atoms. The molecule has 0 saturated heterocycles. The van der Waals surface area contributed by atoms with Crippen molar-refractivity contribution in [1.29, 1.82) is 0 Å². The van der Waals surface area contributed by atoms with Gasteiger partial charge in [0.2, 0.25) is 0 Å². The van der Waals surface area contributed by atoms with E-state index in [0.717, 1.165) is 5.56 Å². The number of amides is 1. The van der Waals surface area contributed by atoms with Crippen molar-refractivity contribution in [3.63, 3.8) is 0 Å². The van der Waals surface area contributed by atoms with E-state index < -0.39 is 0 Å². The molecule has 1 aromatic rings. The van der Waals surface area contributed by atoms with Crippen molar-refractivity contribution < 1.29 is 21.8 Å². The Morgan fingerprint density at radius 2 is 1.88 bits per heavy atom. The van der Waals surface area contributed by atoms with Crippen LogP contribution in [-0.4, -0.2) is 24.2 Å². The van der Waals surface area contributed by atoms with Gasteiger partial charge in [0.05, 0.1) is 18.6 Å². The second kappa shape index (κ2) is 7.74. The van der Waals surface area contributed by atoms with E-state index in [9.17, 15) is 4.79 Å². The van der Waals surface area contributed by atoms with Gasteiger partial charge in [-0.25, -0.2) is 0 Å². The standard InChI is InChI=1S/C12H17NOS.BrH/c1-10(11-7-5-4-6-8-11)13-12(14)9-15(2)3;/h4-8,10H,9H2,1-3H3;1H/t10-;/m0./s1. The Labute approximate surface area is 111 Å². The maximum atomic E-state index is 11.5. The highest BCUT2D eigenvalue weighted by molar-refractivity contribution is 7.96. The van der Waals surface area contributed by atoms with E-state index in [1.54, 1.807) is 0 Å². The van der Waals surface area contributed by atoms with Gasteiger partial charge in [0.15, 0.2) is 5.75 Å². The topological polar surface area (TPSA) is 29.1 Å². The summed E-state index contributed by atoms with van der Waals surface area (Å²) in [4.78, 5) is 11.5. The lowest BCUT2D eigenvalue weighted by Gasteiger charge is -2.13. The molecule has 2 nitrogen and oxygen atoms in total. The fraction of sp³-hybridized carbons (Fsp3) is 0.417. The van der Waals surface area contributed by atoms with Crippen LogP contribution < -0.4 is 22.3 Å². The molecule has 16 heavy (non-hydrogen) atoms. The Kier molecular flexibility index (Phi) is 7.51. The Hall–Kier alpha value is -0.480. The van der Waals surface area contributed by atoms with E-state index in [4.69, 9.17) is 0 Å². The summed E-state index contributed by atoms with van der Waals surface area (Å²) in [6.07, 6.45) is 4.15. The number of carbonyl (C=O) groups excluding carboxylic acids is 1. The van der Waals surface area contributed by atoms with Crippen LogP contribution in [0, 0.1) is 0 Å². The minimum atomic E-state index is 0. The van der Waals surface area contributed by atoms with Gasteiger partial charge in [-0.2, -0.15) is 0 Å². The van der Waals surface area contributed by atoms with Gasteiger partial charge in [-0.15, -0.1) is 0 Å². The van der Waals surface area contributed by atoms with Crippen LogP contribution in [0.25, 0.3) is 0 Å². The SMILES string of the molecule is C[C@H](NC(=O)C[S+](C)C)c1ccccc1.[Br-]. The first kappa shape index (κ1) is 15.5. The molecule has 0 bridgehead atoms. The third kappa shape index (κ3) is 5.56. The highest BCUT2D eigenvalue weighted by atomic mass is 79.9. The molecule has 1 N–H and O–H groups in total. The number of benzene rings is 1. The summed E-state index contributed by atoms with van der Waals surface area (Å²) in [5.74, 6) is 0.761. The highest BCUT2D eigenvalue weighted by Gasteiger charge is 2.14. The lowest BCUT2D eigenvalue weighted by atomic mass is 10.1. The molecule has 0 unspecified atom stereocenters. The molecule has 90 valence electrons. The zero-order chi connectivity index (χ0) is 11.3. The minimum absolute atomic E-state index is 0. The van der Waals surface area contributed by atoms with E-state index in [1.807, 2.05) is 37.3 Å². The van der Waals surface area contributed by atoms with Gasteiger partial charge in [0, 0.05) is 0 Å². The van der Waals surface area contributed by atoms with Crippen molar-refractivity contribution in [2.75, 3.05) is 18.3 Å². The lowest BCUT2D eigenvalue weighted by Crippen LogP contribution is -3.00. The van der Waals surface area contributed by atoms with Crippen molar-refractivity contribution >= 4 is 16.8 Å². The second-order valence-corrected chi connectivity index (χ2v) is 6.09. The zero-order valence-corrected chi connectivity index (χ0v) is 12.3. The summed E-state index contributed by atoms with van der Waals surface area (Å²) in [5, 5.41) is 3.00. The normalized spacial score (nSPS) is 11.8. The fourth-order valence-electron chi connectivity index (χ4n) is 1.37. The van der Waals surface area contributed by atoms with E-state index >= 15 is 0 Å². The number of carbonyl (C=O) groups is 1. The second-order valence-electron chi connectivity index (χ2n) is 3.83. The number of hydrogen-bond donors (Lipinski definition) is 1. The van der Waals surface area contributed by atoms with E-state index in [2.05, 4.69) is 17.8 Å². The molecule has 0 saturated carbocycles. The number of rotatable bonds is 4. The summed E-state index contributed by atoms with van der Waals surface area (Å²) in [7, 11) is 0.169. The molecule has 0 radical (unpaired) electrons. The molecule has 0 heterocycles. The zero-order valence-electron chi connectivity index (χ0n) is 9.87. The average Bonchev–Trinajstić information content (AvgIpc) is 2.17. The van der Waals surface area contributed by atoms with Crippen LogP contribution in [0.1, 0.15) is 18.5 Å². The van der Waals surface area contributed by atoms with Crippen molar-refractivity contribution in [3.8, 4) is 0 Å². The Bertz CT molecular complexity index is 316. The maximum Gasteiger partial charge on any atom is 0.270 e. The van der Waals surface area contributed by atoms with Crippen molar-refractivity contribution in [3.05, 3.63) is 35.9 Å². The third-order valence-corrected chi connectivity index (χ3v) is 2.94. The van der Waals surface area contributed by atoms with Gasteiger partial charge in [0.25, 0.3) is 5.91 Å². The van der Waals surface area contributed by atoms with Gasteiger partial charge in [-0.3, -0.25) is 4.79 Å². The third-order valence-electron chi connectivity index (χ3n) is 2.10. The number of nitrogens with one attached hydrogen (secondary N) is 1. The van der Waals surface area contributed by atoms with E-state index in [1.165, 1.54) is 0 Å². The molecule has 0 fully saturated rings. The molecule has 0 aliphatic rings. The predicted molar refractivity (Wildman–Crippen MR) is 67.1 cm³/mol. The van der Waals surface area contributed by atoms with Gasteiger partial charge >= 0.3 is 0 Å². The molecular weight excluding hydrogens is 286 g/mol. The fourth-order valence-corrected chi connectivity index (χ4v) is 1.98. The van der Waals surface area contributed by atoms with Gasteiger partial charge < -0.3 is 22.3 Å². The van der Waals surface area contributed by atoms with Crippen LogP contribution in [0.3, 0.4) is 0 Å². The lowest BCUT2D eigenvalue weighted by molar-refractivity contribution is -0.119. The van der Waals surface area contributed by atoms with Crippen LogP contribution >= 0.6 is 0 Å². The van der Waals surface area contributed by atoms with Crippen LogP contribution in [0.15, 0.2) is 30.3 Å².